The minimum atomic E-state index is -4.65. The third-order valence-electron chi connectivity index (χ3n) is 2.94. The van der Waals surface area contributed by atoms with Crippen LogP contribution in [0, 0.1) is 5.82 Å². The summed E-state index contributed by atoms with van der Waals surface area (Å²) >= 11 is 0. The molecule has 0 aliphatic rings. The normalized spacial score (nSPS) is 11.8. The standard InChI is InChI=1S/C16H10F4O2/c17-11-4-1-3-10(9-11)12-5-2-6-14(16(18,19)20)13(12)7-8-15(21)22/h1-9H,(H,21,22)/b8-7+. The highest BCUT2D eigenvalue weighted by molar-refractivity contribution is 5.88. The van der Waals surface area contributed by atoms with E-state index in [1.165, 1.54) is 30.3 Å². The zero-order valence-corrected chi connectivity index (χ0v) is 11.1. The number of alkyl halides is 3. The molecular weight excluding hydrogens is 300 g/mol. The first-order valence-corrected chi connectivity index (χ1v) is 6.16. The quantitative estimate of drug-likeness (QED) is 0.664. The zero-order chi connectivity index (χ0) is 16.3. The Morgan fingerprint density at radius 3 is 2.36 bits per heavy atom. The molecule has 0 atom stereocenters. The first-order valence-electron chi connectivity index (χ1n) is 6.16. The van der Waals surface area contributed by atoms with Crippen LogP contribution in [0.3, 0.4) is 0 Å². The van der Waals surface area contributed by atoms with Gasteiger partial charge in [0.15, 0.2) is 0 Å². The van der Waals surface area contributed by atoms with E-state index < -0.39 is 23.5 Å². The number of hydrogen-bond donors (Lipinski definition) is 1. The summed E-state index contributed by atoms with van der Waals surface area (Å²) < 4.78 is 52.6. The van der Waals surface area contributed by atoms with Gasteiger partial charge in [0, 0.05) is 6.08 Å². The van der Waals surface area contributed by atoms with Crippen molar-refractivity contribution in [3.05, 3.63) is 65.5 Å². The van der Waals surface area contributed by atoms with Crippen molar-refractivity contribution in [3.8, 4) is 11.1 Å². The van der Waals surface area contributed by atoms with Crippen molar-refractivity contribution in [2.45, 2.75) is 6.18 Å². The van der Waals surface area contributed by atoms with Crippen LogP contribution in [0.4, 0.5) is 17.6 Å². The topological polar surface area (TPSA) is 37.3 Å². The molecule has 0 fully saturated rings. The fraction of sp³-hybridized carbons (Fsp3) is 0.0625. The first-order chi connectivity index (χ1) is 10.3. The molecule has 0 aromatic heterocycles. The molecule has 2 nitrogen and oxygen atoms in total. The van der Waals surface area contributed by atoms with Crippen molar-refractivity contribution < 1.29 is 27.5 Å². The molecule has 0 amide bonds. The molecule has 0 saturated carbocycles. The van der Waals surface area contributed by atoms with Gasteiger partial charge in [-0.05, 0) is 41.0 Å². The van der Waals surface area contributed by atoms with Crippen LogP contribution in [-0.2, 0) is 11.0 Å². The van der Waals surface area contributed by atoms with Crippen molar-refractivity contribution >= 4 is 12.0 Å². The Balaban J connectivity index is 2.70. The monoisotopic (exact) mass is 310 g/mol. The molecule has 0 heterocycles. The third-order valence-corrected chi connectivity index (χ3v) is 2.94. The van der Waals surface area contributed by atoms with Crippen molar-refractivity contribution in [1.82, 2.24) is 0 Å². The molecule has 0 spiro atoms. The van der Waals surface area contributed by atoms with Gasteiger partial charge in [-0.15, -0.1) is 0 Å². The van der Waals surface area contributed by atoms with E-state index in [0.717, 1.165) is 18.2 Å². The van der Waals surface area contributed by atoms with Crippen LogP contribution >= 0.6 is 0 Å². The van der Waals surface area contributed by atoms with Gasteiger partial charge in [-0.3, -0.25) is 0 Å². The lowest BCUT2D eigenvalue weighted by Gasteiger charge is -2.14. The summed E-state index contributed by atoms with van der Waals surface area (Å²) in [5.41, 5.74) is -0.960. The Bertz CT molecular complexity index is 733. The lowest BCUT2D eigenvalue weighted by atomic mass is 9.94. The number of halogens is 4. The molecule has 0 aliphatic carbocycles. The Morgan fingerprint density at radius 1 is 1.09 bits per heavy atom. The summed E-state index contributed by atoms with van der Waals surface area (Å²) in [4.78, 5) is 10.6. The van der Waals surface area contributed by atoms with E-state index in [1.54, 1.807) is 0 Å². The second-order valence-electron chi connectivity index (χ2n) is 4.45. The maximum Gasteiger partial charge on any atom is 0.417 e. The first kappa shape index (κ1) is 15.8. The second kappa shape index (κ2) is 6.01. The van der Waals surface area contributed by atoms with Crippen LogP contribution in [-0.4, -0.2) is 11.1 Å². The minimum absolute atomic E-state index is 0.104. The average molecular weight is 310 g/mol. The molecule has 2 aromatic rings. The summed E-state index contributed by atoms with van der Waals surface area (Å²) in [5, 5.41) is 8.65. The lowest BCUT2D eigenvalue weighted by molar-refractivity contribution is -0.137. The smallest absolute Gasteiger partial charge is 0.417 e. The highest BCUT2D eigenvalue weighted by atomic mass is 19.4. The molecule has 0 bridgehead atoms. The van der Waals surface area contributed by atoms with Crippen LogP contribution in [0.1, 0.15) is 11.1 Å². The summed E-state index contributed by atoms with van der Waals surface area (Å²) in [6, 6.07) is 8.51. The van der Waals surface area contributed by atoms with Gasteiger partial charge in [0.05, 0.1) is 5.56 Å². The van der Waals surface area contributed by atoms with Gasteiger partial charge in [0.25, 0.3) is 0 Å². The van der Waals surface area contributed by atoms with E-state index in [4.69, 9.17) is 5.11 Å². The molecule has 0 unspecified atom stereocenters. The predicted octanol–water partition coefficient (Wildman–Crippen LogP) is 4.61. The maximum atomic E-state index is 13.3. The second-order valence-corrected chi connectivity index (χ2v) is 4.45. The molecule has 1 N–H and O–H groups in total. The van der Waals surface area contributed by atoms with E-state index in [1.807, 2.05) is 0 Å². The SMILES string of the molecule is O=C(O)/C=C/c1c(-c2cccc(F)c2)cccc1C(F)(F)F. The minimum Gasteiger partial charge on any atom is -0.478 e. The van der Waals surface area contributed by atoms with Gasteiger partial charge in [-0.2, -0.15) is 13.2 Å². The number of carbonyl (C=O) groups is 1. The van der Waals surface area contributed by atoms with Crippen molar-refractivity contribution in [2.75, 3.05) is 0 Å². The number of carboxylic acid groups (broad SMARTS) is 1. The Morgan fingerprint density at radius 2 is 1.77 bits per heavy atom. The van der Waals surface area contributed by atoms with Crippen LogP contribution in [0.2, 0.25) is 0 Å². The van der Waals surface area contributed by atoms with Gasteiger partial charge < -0.3 is 5.11 Å². The molecule has 6 heteroatoms. The van der Waals surface area contributed by atoms with Crippen LogP contribution in [0.25, 0.3) is 17.2 Å². The van der Waals surface area contributed by atoms with Crippen LogP contribution in [0.15, 0.2) is 48.5 Å². The summed E-state index contributed by atoms with van der Waals surface area (Å²) in [7, 11) is 0. The van der Waals surface area contributed by atoms with E-state index in [2.05, 4.69) is 0 Å². The van der Waals surface area contributed by atoms with Gasteiger partial charge in [0.1, 0.15) is 5.82 Å². The van der Waals surface area contributed by atoms with Crippen LogP contribution in [0.5, 0.6) is 0 Å². The molecule has 0 aliphatic heterocycles. The molecule has 0 saturated heterocycles. The highest BCUT2D eigenvalue weighted by Gasteiger charge is 2.33. The summed E-state index contributed by atoms with van der Waals surface area (Å²) in [6.07, 6.45) is -3.17. The number of benzene rings is 2. The fourth-order valence-electron chi connectivity index (χ4n) is 2.05. The van der Waals surface area contributed by atoms with E-state index in [9.17, 15) is 22.4 Å². The molecular formula is C16H10F4O2. The zero-order valence-electron chi connectivity index (χ0n) is 11.1. The molecule has 114 valence electrons. The Labute approximate surface area is 123 Å². The molecule has 2 aromatic carbocycles. The number of aliphatic carboxylic acids is 1. The third kappa shape index (κ3) is 3.52. The van der Waals surface area contributed by atoms with Gasteiger partial charge >= 0.3 is 12.1 Å². The Hall–Kier alpha value is -2.63. The van der Waals surface area contributed by atoms with Gasteiger partial charge in [-0.1, -0.05) is 24.3 Å². The molecule has 22 heavy (non-hydrogen) atoms. The summed E-state index contributed by atoms with van der Waals surface area (Å²) in [5.74, 6) is -1.97. The maximum absolute atomic E-state index is 13.3. The largest absolute Gasteiger partial charge is 0.478 e. The van der Waals surface area contributed by atoms with E-state index in [-0.39, 0.29) is 16.7 Å². The highest BCUT2D eigenvalue weighted by Crippen LogP contribution is 2.37. The Kier molecular flexibility index (Phi) is 4.30. The molecule has 2 rings (SSSR count). The van der Waals surface area contributed by atoms with Gasteiger partial charge in [0.2, 0.25) is 0 Å². The average Bonchev–Trinajstić information content (AvgIpc) is 2.43. The van der Waals surface area contributed by atoms with E-state index in [0.29, 0.717) is 6.08 Å². The van der Waals surface area contributed by atoms with Crippen molar-refractivity contribution in [3.63, 3.8) is 0 Å². The van der Waals surface area contributed by atoms with Crippen molar-refractivity contribution in [1.29, 1.82) is 0 Å². The van der Waals surface area contributed by atoms with Crippen LogP contribution < -0.4 is 0 Å². The molecule has 0 radical (unpaired) electrons. The van der Waals surface area contributed by atoms with Crippen molar-refractivity contribution in [2.24, 2.45) is 0 Å². The predicted molar refractivity (Wildman–Crippen MR) is 73.5 cm³/mol. The van der Waals surface area contributed by atoms with E-state index >= 15 is 0 Å². The summed E-state index contributed by atoms with van der Waals surface area (Å²) in [6.45, 7) is 0. The lowest BCUT2D eigenvalue weighted by Crippen LogP contribution is -2.08. The number of carboxylic acids is 1. The van der Waals surface area contributed by atoms with Gasteiger partial charge in [-0.25, -0.2) is 9.18 Å². The number of rotatable bonds is 3. The number of hydrogen-bond acceptors (Lipinski definition) is 1. The fourth-order valence-corrected chi connectivity index (χ4v) is 2.05.